The van der Waals surface area contributed by atoms with Gasteiger partial charge in [-0.1, -0.05) is 12.1 Å². The molecule has 1 atom stereocenters. The van der Waals surface area contributed by atoms with Crippen LogP contribution in [0.25, 0.3) is 0 Å². The van der Waals surface area contributed by atoms with Crippen LogP contribution in [0, 0.1) is 11.7 Å². The molecule has 178 valence electrons. The quantitative estimate of drug-likeness (QED) is 0.621. The van der Waals surface area contributed by atoms with E-state index in [2.05, 4.69) is 9.97 Å². The molecule has 0 spiro atoms. The number of anilines is 1. The van der Waals surface area contributed by atoms with Gasteiger partial charge in [0.05, 0.1) is 29.9 Å². The lowest BCUT2D eigenvalue weighted by Gasteiger charge is -2.43. The molecule has 2 saturated heterocycles. The maximum absolute atomic E-state index is 14.0. The van der Waals surface area contributed by atoms with E-state index < -0.39 is 39.5 Å². The number of sulfone groups is 1. The Labute approximate surface area is 188 Å². The first-order chi connectivity index (χ1) is 15.5. The van der Waals surface area contributed by atoms with Gasteiger partial charge in [0.1, 0.15) is 21.5 Å². The van der Waals surface area contributed by atoms with E-state index in [-0.39, 0.29) is 49.2 Å². The van der Waals surface area contributed by atoms with Gasteiger partial charge < -0.3 is 9.80 Å². The number of carbonyl (C=O) groups excluding carboxylic acids is 1. The molecular formula is C21H22F4N4O3S. The molecule has 1 unspecified atom stereocenters. The minimum absolute atomic E-state index is 0.0465. The smallest absolute Gasteiger partial charge is 0.351 e. The number of hydrogen-bond acceptors (Lipinski definition) is 6. The summed E-state index contributed by atoms with van der Waals surface area (Å²) >= 11 is 0. The highest BCUT2D eigenvalue weighted by Crippen LogP contribution is 2.33. The molecule has 7 nitrogen and oxygen atoms in total. The zero-order valence-electron chi connectivity index (χ0n) is 17.5. The maximum atomic E-state index is 14.0. The summed E-state index contributed by atoms with van der Waals surface area (Å²) < 4.78 is 75.9. The zero-order chi connectivity index (χ0) is 23.8. The number of rotatable bonds is 3. The summed E-state index contributed by atoms with van der Waals surface area (Å²) in [4.78, 5) is 24.0. The summed E-state index contributed by atoms with van der Waals surface area (Å²) in [5.74, 6) is -0.987. The fourth-order valence-corrected chi connectivity index (χ4v) is 5.75. The average Bonchev–Trinajstić information content (AvgIpc) is 2.78. The van der Waals surface area contributed by atoms with E-state index in [1.54, 1.807) is 15.9 Å². The molecule has 1 aromatic carbocycles. The van der Waals surface area contributed by atoms with E-state index in [1.807, 2.05) is 0 Å². The van der Waals surface area contributed by atoms with Gasteiger partial charge in [-0.05, 0) is 30.5 Å². The van der Waals surface area contributed by atoms with Crippen LogP contribution in [0.5, 0.6) is 0 Å². The standard InChI is InChI=1S/C21H22F4N4O3S/c22-16-3-1-2-15(10-16)17-13-28(19-12-26-18(11-27-19)21(23,24)25)6-7-29(17)20(30)14-4-8-33(31,32)9-5-14/h1-3,10-12,14,17H,4-9,13H2. The highest BCUT2D eigenvalue weighted by Gasteiger charge is 2.38. The molecule has 2 aliphatic rings. The minimum atomic E-state index is -4.60. The summed E-state index contributed by atoms with van der Waals surface area (Å²) in [5, 5.41) is 0. The molecule has 2 aromatic rings. The monoisotopic (exact) mass is 486 g/mol. The second-order valence-corrected chi connectivity index (χ2v) is 10.5. The van der Waals surface area contributed by atoms with Crippen molar-refractivity contribution < 1.29 is 30.8 Å². The molecule has 0 saturated carbocycles. The Kier molecular flexibility index (Phi) is 6.30. The zero-order valence-corrected chi connectivity index (χ0v) is 18.3. The van der Waals surface area contributed by atoms with Gasteiger partial charge in [-0.3, -0.25) is 4.79 Å². The third kappa shape index (κ3) is 5.26. The number of carbonyl (C=O) groups is 1. The topological polar surface area (TPSA) is 83.5 Å². The summed E-state index contributed by atoms with van der Waals surface area (Å²) in [6, 6.07) is 5.23. The molecule has 0 N–H and O–H groups in total. The van der Waals surface area contributed by atoms with Crippen molar-refractivity contribution >= 4 is 21.6 Å². The maximum Gasteiger partial charge on any atom is 0.434 e. The Hall–Kier alpha value is -2.76. The van der Waals surface area contributed by atoms with Crippen LogP contribution in [0.4, 0.5) is 23.4 Å². The molecule has 4 rings (SSSR count). The fraction of sp³-hybridized carbons (Fsp3) is 0.476. The van der Waals surface area contributed by atoms with E-state index in [4.69, 9.17) is 0 Å². The lowest BCUT2D eigenvalue weighted by atomic mass is 9.96. The molecule has 33 heavy (non-hydrogen) atoms. The normalized spacial score (nSPS) is 21.8. The Bertz CT molecular complexity index is 1110. The van der Waals surface area contributed by atoms with Crippen molar-refractivity contribution in [2.45, 2.75) is 25.1 Å². The van der Waals surface area contributed by atoms with Crippen molar-refractivity contribution in [3.05, 3.63) is 53.7 Å². The number of piperazine rings is 1. The van der Waals surface area contributed by atoms with E-state index in [9.17, 15) is 30.8 Å². The Balaban J connectivity index is 1.58. The molecule has 0 aliphatic carbocycles. The molecule has 1 aromatic heterocycles. The fourth-order valence-electron chi connectivity index (χ4n) is 4.26. The number of nitrogens with zero attached hydrogens (tertiary/aromatic N) is 4. The third-order valence-corrected chi connectivity index (χ3v) is 7.77. The van der Waals surface area contributed by atoms with Crippen LogP contribution in [0.2, 0.25) is 0 Å². The Morgan fingerprint density at radius 3 is 2.39 bits per heavy atom. The van der Waals surface area contributed by atoms with Gasteiger partial charge in [0.25, 0.3) is 0 Å². The summed E-state index contributed by atoms with van der Waals surface area (Å²) in [7, 11) is -3.13. The largest absolute Gasteiger partial charge is 0.434 e. The van der Waals surface area contributed by atoms with Crippen LogP contribution in [0.3, 0.4) is 0 Å². The van der Waals surface area contributed by atoms with Gasteiger partial charge in [-0.15, -0.1) is 0 Å². The van der Waals surface area contributed by atoms with E-state index in [0.29, 0.717) is 18.3 Å². The van der Waals surface area contributed by atoms with Gasteiger partial charge in [0.2, 0.25) is 5.91 Å². The molecular weight excluding hydrogens is 464 g/mol. The number of aromatic nitrogens is 2. The van der Waals surface area contributed by atoms with Crippen LogP contribution in [-0.2, 0) is 20.8 Å². The van der Waals surface area contributed by atoms with Crippen molar-refractivity contribution in [2.24, 2.45) is 5.92 Å². The third-order valence-electron chi connectivity index (χ3n) is 6.05. The van der Waals surface area contributed by atoms with Gasteiger partial charge in [-0.25, -0.2) is 22.8 Å². The van der Waals surface area contributed by atoms with Crippen molar-refractivity contribution in [1.82, 2.24) is 14.9 Å². The van der Waals surface area contributed by atoms with Gasteiger partial charge in [0.15, 0.2) is 5.69 Å². The van der Waals surface area contributed by atoms with Crippen molar-refractivity contribution in [1.29, 1.82) is 0 Å². The second kappa shape index (κ2) is 8.88. The van der Waals surface area contributed by atoms with E-state index in [0.717, 1.165) is 6.20 Å². The molecule has 0 bridgehead atoms. The summed E-state index contributed by atoms with van der Waals surface area (Å²) in [6.07, 6.45) is -2.43. The first-order valence-corrected chi connectivity index (χ1v) is 12.3. The second-order valence-electron chi connectivity index (χ2n) is 8.23. The van der Waals surface area contributed by atoms with Gasteiger partial charge in [-0.2, -0.15) is 13.2 Å². The molecule has 2 fully saturated rings. The highest BCUT2D eigenvalue weighted by atomic mass is 32.2. The Morgan fingerprint density at radius 1 is 1.06 bits per heavy atom. The van der Waals surface area contributed by atoms with E-state index in [1.165, 1.54) is 18.2 Å². The summed E-state index contributed by atoms with van der Waals surface area (Å²) in [6.45, 7) is 0.703. The molecule has 0 radical (unpaired) electrons. The van der Waals surface area contributed by atoms with Gasteiger partial charge >= 0.3 is 6.18 Å². The molecule has 3 heterocycles. The highest BCUT2D eigenvalue weighted by molar-refractivity contribution is 7.91. The molecule has 1 amide bonds. The average molecular weight is 486 g/mol. The number of amides is 1. The number of hydrogen-bond donors (Lipinski definition) is 0. The molecule has 2 aliphatic heterocycles. The number of halogens is 4. The van der Waals surface area contributed by atoms with Crippen LogP contribution in [0.15, 0.2) is 36.7 Å². The van der Waals surface area contributed by atoms with Crippen LogP contribution in [0.1, 0.15) is 30.1 Å². The number of benzene rings is 1. The van der Waals surface area contributed by atoms with Crippen LogP contribution < -0.4 is 4.90 Å². The van der Waals surface area contributed by atoms with Crippen molar-refractivity contribution in [3.8, 4) is 0 Å². The van der Waals surface area contributed by atoms with E-state index >= 15 is 0 Å². The lowest BCUT2D eigenvalue weighted by molar-refractivity contribution is -0.141. The predicted octanol–water partition coefficient (Wildman–Crippen LogP) is 2.85. The SMILES string of the molecule is O=C(C1CCS(=O)(=O)CC1)N1CCN(c2cnc(C(F)(F)F)cn2)CC1c1cccc(F)c1. The lowest BCUT2D eigenvalue weighted by Crippen LogP contribution is -2.53. The van der Waals surface area contributed by atoms with Gasteiger partial charge in [0, 0.05) is 25.6 Å². The number of alkyl halides is 3. The van der Waals surface area contributed by atoms with Crippen LogP contribution >= 0.6 is 0 Å². The van der Waals surface area contributed by atoms with Crippen LogP contribution in [-0.4, -0.2) is 60.3 Å². The summed E-state index contributed by atoms with van der Waals surface area (Å²) in [5.41, 5.74) is -0.564. The van der Waals surface area contributed by atoms with Crippen molar-refractivity contribution in [2.75, 3.05) is 36.0 Å². The first-order valence-electron chi connectivity index (χ1n) is 10.4. The first kappa shape index (κ1) is 23.4. The Morgan fingerprint density at radius 2 is 1.79 bits per heavy atom. The van der Waals surface area contributed by atoms with Crippen molar-refractivity contribution in [3.63, 3.8) is 0 Å². The minimum Gasteiger partial charge on any atom is -0.351 e. The molecule has 12 heteroatoms. The predicted molar refractivity (Wildman–Crippen MR) is 111 cm³/mol.